The third-order valence-electron chi connectivity index (χ3n) is 14.2. The Balaban J connectivity index is 0.972. The highest BCUT2D eigenvalue weighted by Crippen LogP contribution is 2.61. The first kappa shape index (κ1) is 36.2. The molecule has 2 aliphatic heterocycles. The van der Waals surface area contributed by atoms with Gasteiger partial charge in [-0.1, -0.05) is 140 Å². The molecule has 0 saturated heterocycles. The van der Waals surface area contributed by atoms with Crippen molar-refractivity contribution in [2.75, 3.05) is 4.90 Å². The van der Waals surface area contributed by atoms with Gasteiger partial charge in [0.1, 0.15) is 11.5 Å². The zero-order valence-electron chi connectivity index (χ0n) is 35.5. The number of fused-ring (bicyclic) bond motifs is 14. The number of benzene rings is 9. The molecule has 1 spiro atoms. The van der Waals surface area contributed by atoms with Crippen molar-refractivity contribution in [3.05, 3.63) is 252 Å². The molecule has 1 atom stereocenters. The van der Waals surface area contributed by atoms with Crippen LogP contribution in [-0.4, -0.2) is 9.13 Å². The Hall–Kier alpha value is -8.34. The van der Waals surface area contributed by atoms with Crippen LogP contribution in [0.3, 0.4) is 0 Å². The number of rotatable bonds is 5. The summed E-state index contributed by atoms with van der Waals surface area (Å²) in [5.74, 6) is 1.75. The fourth-order valence-electron chi connectivity index (χ4n) is 11.5. The standard InChI is InChI=1S/C61H41N3O/c1-3-16-40(17-4-1)41-30-32-43(33-31-41)62(42-18-5-2-6-19-42)44-34-36-45(37-35-44)63-54-26-11-8-21-47(54)49-38-53-59(39-57(49)63)65-58-29-14-10-24-51(58)61(53)50-23-9-13-28-56(50)64-55-27-12-7-20-46(55)48-22-15-25-52(61)60(48)64/h1-3,5-16,18-39H,4,17H2. The molecule has 306 valence electrons. The average Bonchev–Trinajstić information content (AvgIpc) is 3.89. The van der Waals surface area contributed by atoms with Crippen LogP contribution >= 0.6 is 0 Å². The predicted molar refractivity (Wildman–Crippen MR) is 268 cm³/mol. The van der Waals surface area contributed by atoms with Crippen molar-refractivity contribution in [2.45, 2.75) is 18.3 Å². The van der Waals surface area contributed by atoms with Crippen LogP contribution in [0, 0.1) is 0 Å². The highest BCUT2D eigenvalue weighted by molar-refractivity contribution is 6.13. The molecule has 0 fully saturated rings. The first-order chi connectivity index (χ1) is 32.3. The van der Waals surface area contributed by atoms with Crippen LogP contribution in [0.5, 0.6) is 11.5 Å². The van der Waals surface area contributed by atoms with Gasteiger partial charge in [-0.2, -0.15) is 0 Å². The van der Waals surface area contributed by atoms with Gasteiger partial charge in [-0.3, -0.25) is 0 Å². The lowest BCUT2D eigenvalue weighted by molar-refractivity contribution is 0.434. The fourth-order valence-corrected chi connectivity index (χ4v) is 11.5. The highest BCUT2D eigenvalue weighted by atomic mass is 16.5. The molecule has 1 unspecified atom stereocenters. The Labute approximate surface area is 376 Å². The summed E-state index contributed by atoms with van der Waals surface area (Å²) in [6.07, 6.45) is 8.82. The fraction of sp³-hybridized carbons (Fsp3) is 0.0492. The lowest BCUT2D eigenvalue weighted by Gasteiger charge is -2.45. The van der Waals surface area contributed by atoms with Crippen LogP contribution in [-0.2, 0) is 5.41 Å². The maximum absolute atomic E-state index is 7.12. The second kappa shape index (κ2) is 13.8. The first-order valence-corrected chi connectivity index (χ1v) is 22.6. The van der Waals surface area contributed by atoms with Crippen molar-refractivity contribution < 1.29 is 4.74 Å². The summed E-state index contributed by atoms with van der Waals surface area (Å²) < 4.78 is 12.0. The van der Waals surface area contributed by atoms with Crippen LogP contribution in [0.1, 0.15) is 40.7 Å². The molecule has 2 aromatic heterocycles. The third kappa shape index (κ3) is 5.08. The maximum atomic E-state index is 7.12. The monoisotopic (exact) mass is 831 g/mol. The molecular formula is C61H41N3O. The minimum Gasteiger partial charge on any atom is -0.457 e. The van der Waals surface area contributed by atoms with E-state index in [4.69, 9.17) is 4.74 Å². The molecule has 0 N–H and O–H groups in total. The minimum atomic E-state index is -0.646. The molecule has 11 aromatic rings. The molecule has 65 heavy (non-hydrogen) atoms. The van der Waals surface area contributed by atoms with E-state index in [2.05, 4.69) is 239 Å². The van der Waals surface area contributed by atoms with Crippen molar-refractivity contribution in [3.8, 4) is 22.9 Å². The molecule has 4 nitrogen and oxygen atoms in total. The molecule has 14 rings (SSSR count). The predicted octanol–water partition coefficient (Wildman–Crippen LogP) is 15.9. The molecular weight excluding hydrogens is 791 g/mol. The number of aromatic nitrogens is 2. The number of hydrogen-bond acceptors (Lipinski definition) is 2. The number of para-hydroxylation sites is 6. The van der Waals surface area contributed by atoms with E-state index < -0.39 is 5.41 Å². The second-order valence-corrected chi connectivity index (χ2v) is 17.5. The van der Waals surface area contributed by atoms with Crippen LogP contribution in [0.15, 0.2) is 224 Å². The molecule has 0 bridgehead atoms. The molecule has 4 heteroatoms. The molecule has 3 aliphatic rings. The Morgan fingerprint density at radius 3 is 1.86 bits per heavy atom. The van der Waals surface area contributed by atoms with Gasteiger partial charge in [0.2, 0.25) is 0 Å². The number of allylic oxidation sites excluding steroid dienone is 4. The van der Waals surface area contributed by atoms with Gasteiger partial charge < -0.3 is 18.8 Å². The molecule has 9 aromatic carbocycles. The summed E-state index contributed by atoms with van der Waals surface area (Å²) >= 11 is 0. The van der Waals surface area contributed by atoms with Crippen LogP contribution < -0.4 is 9.64 Å². The van der Waals surface area contributed by atoms with Crippen LogP contribution in [0.25, 0.3) is 60.6 Å². The first-order valence-electron chi connectivity index (χ1n) is 22.6. The number of nitrogens with zero attached hydrogens (tertiary/aromatic N) is 3. The van der Waals surface area contributed by atoms with Crippen molar-refractivity contribution in [2.24, 2.45) is 0 Å². The van der Waals surface area contributed by atoms with Gasteiger partial charge in [0.05, 0.1) is 33.2 Å². The highest BCUT2D eigenvalue weighted by Gasteiger charge is 2.50. The Morgan fingerprint density at radius 2 is 1.08 bits per heavy atom. The molecule has 1 aliphatic carbocycles. The van der Waals surface area contributed by atoms with E-state index >= 15 is 0 Å². The van der Waals surface area contributed by atoms with E-state index in [-0.39, 0.29) is 0 Å². The SMILES string of the molecule is C1=CCCC(c2ccc(N(c3ccccc3)c3ccc(-n4c5ccccc5c5cc6c(cc54)Oc4ccccc4C64c5ccccc5-n5c6ccccc6c6cccc4c65)cc3)cc2)=C1. The number of hydrogen-bond donors (Lipinski definition) is 0. The van der Waals surface area contributed by atoms with Crippen LogP contribution in [0.2, 0.25) is 0 Å². The van der Waals surface area contributed by atoms with Gasteiger partial charge in [0.15, 0.2) is 0 Å². The smallest absolute Gasteiger partial charge is 0.134 e. The summed E-state index contributed by atoms with van der Waals surface area (Å²) in [6.45, 7) is 0. The lowest BCUT2D eigenvalue weighted by atomic mass is 9.61. The second-order valence-electron chi connectivity index (χ2n) is 17.5. The summed E-state index contributed by atoms with van der Waals surface area (Å²) in [7, 11) is 0. The van der Waals surface area contributed by atoms with Crippen LogP contribution in [0.4, 0.5) is 17.1 Å². The summed E-state index contributed by atoms with van der Waals surface area (Å²) in [6, 6.07) is 75.7. The quantitative estimate of drug-likeness (QED) is 0.172. The van der Waals surface area contributed by atoms with Gasteiger partial charge in [-0.15, -0.1) is 0 Å². The average molecular weight is 832 g/mol. The number of anilines is 3. The Morgan fingerprint density at radius 1 is 0.446 bits per heavy atom. The van der Waals surface area contributed by atoms with E-state index in [1.165, 1.54) is 60.5 Å². The van der Waals surface area contributed by atoms with E-state index in [1.807, 2.05) is 0 Å². The summed E-state index contributed by atoms with van der Waals surface area (Å²) in [5.41, 5.74) is 17.2. The van der Waals surface area contributed by atoms with E-state index in [1.54, 1.807) is 0 Å². The topological polar surface area (TPSA) is 22.3 Å². The van der Waals surface area contributed by atoms with Gasteiger partial charge in [-0.25, -0.2) is 0 Å². The minimum absolute atomic E-state index is 0.646. The van der Waals surface area contributed by atoms with E-state index in [9.17, 15) is 0 Å². The zero-order chi connectivity index (χ0) is 42.6. The molecule has 4 heterocycles. The third-order valence-corrected chi connectivity index (χ3v) is 14.2. The van der Waals surface area contributed by atoms with Gasteiger partial charge in [-0.05, 0) is 114 Å². The molecule has 0 radical (unpaired) electrons. The summed E-state index contributed by atoms with van der Waals surface area (Å²) in [4.78, 5) is 2.34. The van der Waals surface area contributed by atoms with Gasteiger partial charge in [0.25, 0.3) is 0 Å². The summed E-state index contributed by atoms with van der Waals surface area (Å²) in [5, 5.41) is 4.92. The normalized spacial score (nSPS) is 15.8. The van der Waals surface area contributed by atoms with Crippen molar-refractivity contribution in [3.63, 3.8) is 0 Å². The number of ether oxygens (including phenoxy) is 1. The van der Waals surface area contributed by atoms with Gasteiger partial charge >= 0.3 is 0 Å². The zero-order valence-corrected chi connectivity index (χ0v) is 35.5. The largest absolute Gasteiger partial charge is 0.457 e. The molecule has 0 saturated carbocycles. The van der Waals surface area contributed by atoms with Crippen molar-refractivity contribution in [1.29, 1.82) is 0 Å². The maximum Gasteiger partial charge on any atom is 0.134 e. The lowest BCUT2D eigenvalue weighted by Crippen LogP contribution is -2.37. The van der Waals surface area contributed by atoms with E-state index in [0.29, 0.717) is 0 Å². The van der Waals surface area contributed by atoms with E-state index in [0.717, 1.165) is 69.3 Å². The Kier molecular flexibility index (Phi) is 7.70. The van der Waals surface area contributed by atoms with Crippen molar-refractivity contribution >= 4 is 66.2 Å². The van der Waals surface area contributed by atoms with Crippen molar-refractivity contribution in [1.82, 2.24) is 9.13 Å². The Bertz CT molecular complexity index is 3800. The molecule has 0 amide bonds. The van der Waals surface area contributed by atoms with Gasteiger partial charge in [0, 0.05) is 61.5 Å².